The first-order chi connectivity index (χ1) is 11.0. The van der Waals surface area contributed by atoms with E-state index in [0.717, 1.165) is 14.2 Å². The number of phenols is 1. The van der Waals surface area contributed by atoms with Crippen LogP contribution in [-0.4, -0.2) is 48.6 Å². The van der Waals surface area contributed by atoms with Crippen LogP contribution in [0.3, 0.4) is 0 Å². The number of H-pyrrole nitrogens is 1. The number of carbonyl (C=O) groups excluding carboxylic acids is 2. The lowest BCUT2D eigenvalue weighted by Crippen LogP contribution is -2.58. The molecule has 0 fully saturated rings. The van der Waals surface area contributed by atoms with Crippen LogP contribution in [0.25, 0.3) is 10.9 Å². The average Bonchev–Trinajstić information content (AvgIpc) is 2.95. The Morgan fingerprint density at radius 3 is 2.70 bits per heavy atom. The van der Waals surface area contributed by atoms with Crippen LogP contribution in [0.5, 0.6) is 5.75 Å². The zero-order valence-corrected chi connectivity index (χ0v) is 12.7. The number of aromatic nitrogens is 1. The Morgan fingerprint density at radius 2 is 2.09 bits per heavy atom. The van der Waals surface area contributed by atoms with Crippen molar-refractivity contribution in [2.75, 3.05) is 20.9 Å². The second kappa shape index (κ2) is 6.55. The molecule has 0 aliphatic carbocycles. The van der Waals surface area contributed by atoms with E-state index in [4.69, 9.17) is 0 Å². The molecule has 0 radical (unpaired) electrons. The van der Waals surface area contributed by atoms with Crippen LogP contribution < -0.4 is 5.32 Å². The minimum atomic E-state index is -1.91. The van der Waals surface area contributed by atoms with Gasteiger partial charge in [-0.25, -0.2) is 14.0 Å². The maximum atomic E-state index is 13.7. The molecule has 0 unspecified atom stereocenters. The monoisotopic (exact) mass is 324 g/mol. The van der Waals surface area contributed by atoms with Crippen molar-refractivity contribution in [1.29, 1.82) is 0 Å². The number of esters is 1. The molecule has 0 saturated heterocycles. The number of amides is 1. The Balaban J connectivity index is 2.44. The molecule has 1 amide bonds. The third-order valence-electron chi connectivity index (χ3n) is 3.57. The van der Waals surface area contributed by atoms with E-state index >= 15 is 0 Å². The molecule has 0 aliphatic rings. The predicted molar refractivity (Wildman–Crippen MR) is 79.9 cm³/mol. The van der Waals surface area contributed by atoms with E-state index in [2.05, 4.69) is 19.8 Å². The van der Waals surface area contributed by atoms with Crippen molar-refractivity contribution in [2.24, 2.45) is 0 Å². The van der Waals surface area contributed by atoms with Crippen molar-refractivity contribution in [3.8, 4) is 5.75 Å². The van der Waals surface area contributed by atoms with Crippen LogP contribution in [0.4, 0.5) is 9.18 Å². The predicted octanol–water partition coefficient (Wildman–Crippen LogP) is 1.65. The van der Waals surface area contributed by atoms with Gasteiger partial charge >= 0.3 is 12.1 Å². The molecule has 8 heteroatoms. The van der Waals surface area contributed by atoms with Gasteiger partial charge in [0.15, 0.2) is 5.54 Å². The number of halogens is 1. The lowest BCUT2D eigenvalue weighted by atomic mass is 9.91. The number of hydrogen-bond acceptors (Lipinski definition) is 5. The number of aromatic amines is 1. The number of methoxy groups -OCH3 is 2. The third-order valence-corrected chi connectivity index (χ3v) is 3.57. The van der Waals surface area contributed by atoms with Gasteiger partial charge in [-0.05, 0) is 23.8 Å². The van der Waals surface area contributed by atoms with E-state index in [-0.39, 0.29) is 12.2 Å². The summed E-state index contributed by atoms with van der Waals surface area (Å²) in [6.45, 7) is -1.18. The number of carbonyl (C=O) groups is 2. The molecule has 0 bridgehead atoms. The molecule has 23 heavy (non-hydrogen) atoms. The zero-order chi connectivity index (χ0) is 17.0. The SMILES string of the molecule is COC(=O)N[C@@](CF)(Cc1c[nH]c2ccc(O)cc12)C(=O)OC. The van der Waals surface area contributed by atoms with Gasteiger partial charge in [0.1, 0.15) is 12.4 Å². The summed E-state index contributed by atoms with van der Waals surface area (Å²) in [5.41, 5.74) is -0.675. The van der Waals surface area contributed by atoms with Crippen molar-refractivity contribution >= 4 is 23.0 Å². The number of alkyl halides is 1. The molecule has 2 aromatic rings. The molecule has 0 aliphatic heterocycles. The molecule has 124 valence electrons. The number of benzene rings is 1. The number of hydrogen-bond donors (Lipinski definition) is 3. The molecule has 1 aromatic heterocycles. The van der Waals surface area contributed by atoms with Crippen molar-refractivity contribution in [3.05, 3.63) is 30.0 Å². The molecule has 2 rings (SSSR count). The summed E-state index contributed by atoms with van der Waals surface area (Å²) >= 11 is 0. The largest absolute Gasteiger partial charge is 0.508 e. The Bertz CT molecular complexity index is 730. The van der Waals surface area contributed by atoms with Gasteiger partial charge in [0, 0.05) is 23.5 Å². The Labute approximate surface area is 131 Å². The van der Waals surface area contributed by atoms with Gasteiger partial charge in [-0.1, -0.05) is 0 Å². The summed E-state index contributed by atoms with van der Waals surface area (Å²) in [5.74, 6) is -0.900. The quantitative estimate of drug-likeness (QED) is 0.726. The molecule has 0 saturated carbocycles. The number of rotatable bonds is 5. The topological polar surface area (TPSA) is 101 Å². The lowest BCUT2D eigenvalue weighted by molar-refractivity contribution is -0.149. The fraction of sp³-hybridized carbons (Fsp3) is 0.333. The van der Waals surface area contributed by atoms with Gasteiger partial charge in [0.25, 0.3) is 0 Å². The highest BCUT2D eigenvalue weighted by Crippen LogP contribution is 2.27. The number of ether oxygens (including phenoxy) is 2. The number of alkyl carbamates (subject to hydrolysis) is 1. The van der Waals surface area contributed by atoms with Gasteiger partial charge < -0.3 is 24.9 Å². The van der Waals surface area contributed by atoms with Crippen molar-refractivity contribution < 1.29 is 28.6 Å². The van der Waals surface area contributed by atoms with Gasteiger partial charge in [0.2, 0.25) is 0 Å². The van der Waals surface area contributed by atoms with Crippen LogP contribution in [0, 0.1) is 0 Å². The summed E-state index contributed by atoms with van der Waals surface area (Å²) in [6.07, 6.45) is 0.459. The molecule has 1 atom stereocenters. The van der Waals surface area contributed by atoms with E-state index in [1.807, 2.05) is 0 Å². The van der Waals surface area contributed by atoms with Crippen LogP contribution in [-0.2, 0) is 20.7 Å². The molecular weight excluding hydrogens is 307 g/mol. The smallest absolute Gasteiger partial charge is 0.407 e. The van der Waals surface area contributed by atoms with Gasteiger partial charge in [-0.15, -0.1) is 0 Å². The number of aromatic hydroxyl groups is 1. The Hall–Kier alpha value is -2.77. The highest BCUT2D eigenvalue weighted by molar-refractivity contribution is 5.89. The van der Waals surface area contributed by atoms with Crippen molar-refractivity contribution in [3.63, 3.8) is 0 Å². The van der Waals surface area contributed by atoms with Crippen molar-refractivity contribution in [2.45, 2.75) is 12.0 Å². The summed E-state index contributed by atoms with van der Waals surface area (Å²) in [5, 5.41) is 12.4. The van der Waals surface area contributed by atoms with Gasteiger partial charge in [0.05, 0.1) is 14.2 Å². The van der Waals surface area contributed by atoms with Crippen LogP contribution >= 0.6 is 0 Å². The van der Waals surface area contributed by atoms with E-state index in [0.29, 0.717) is 16.5 Å². The van der Waals surface area contributed by atoms with Crippen molar-refractivity contribution in [1.82, 2.24) is 10.3 Å². The summed E-state index contributed by atoms with van der Waals surface area (Å²) in [6, 6.07) is 4.63. The lowest BCUT2D eigenvalue weighted by Gasteiger charge is -2.28. The minimum Gasteiger partial charge on any atom is -0.508 e. The second-order valence-electron chi connectivity index (χ2n) is 5.04. The van der Waals surface area contributed by atoms with Crippen LogP contribution in [0.2, 0.25) is 0 Å². The fourth-order valence-electron chi connectivity index (χ4n) is 2.38. The maximum Gasteiger partial charge on any atom is 0.407 e. The van der Waals surface area contributed by atoms with E-state index in [1.54, 1.807) is 12.3 Å². The molecule has 1 aromatic carbocycles. The first kappa shape index (κ1) is 16.6. The molecule has 1 heterocycles. The second-order valence-corrected chi connectivity index (χ2v) is 5.04. The number of nitrogens with one attached hydrogen (secondary N) is 2. The number of fused-ring (bicyclic) bond motifs is 1. The fourth-order valence-corrected chi connectivity index (χ4v) is 2.38. The highest BCUT2D eigenvalue weighted by atomic mass is 19.1. The standard InChI is InChI=1S/C15H17FN2O5/c1-22-13(20)15(8-16,18-14(21)23-2)6-9-7-17-12-4-3-10(19)5-11(9)12/h3-5,7,17,19H,6,8H2,1-2H3,(H,18,21)/t15-/m1/s1. The first-order valence-corrected chi connectivity index (χ1v) is 6.75. The molecule has 3 N–H and O–H groups in total. The third kappa shape index (κ3) is 3.20. The van der Waals surface area contributed by atoms with E-state index in [9.17, 15) is 19.1 Å². The van der Waals surface area contributed by atoms with E-state index < -0.39 is 24.3 Å². The Morgan fingerprint density at radius 1 is 1.35 bits per heavy atom. The molecular formula is C15H17FN2O5. The molecule has 7 nitrogen and oxygen atoms in total. The Kier molecular flexibility index (Phi) is 4.73. The average molecular weight is 324 g/mol. The maximum absolute atomic E-state index is 13.7. The minimum absolute atomic E-state index is 0.0307. The van der Waals surface area contributed by atoms with Crippen LogP contribution in [0.1, 0.15) is 5.56 Å². The molecule has 0 spiro atoms. The van der Waals surface area contributed by atoms with Gasteiger partial charge in [-0.3, -0.25) is 0 Å². The summed E-state index contributed by atoms with van der Waals surface area (Å²) in [4.78, 5) is 26.5. The van der Waals surface area contributed by atoms with E-state index in [1.165, 1.54) is 12.1 Å². The summed E-state index contributed by atoms with van der Waals surface area (Å²) in [7, 11) is 2.21. The number of phenolic OH excluding ortho intramolecular Hbond substituents is 1. The zero-order valence-electron chi connectivity index (χ0n) is 12.7. The van der Waals surface area contributed by atoms with Gasteiger partial charge in [-0.2, -0.15) is 0 Å². The highest BCUT2D eigenvalue weighted by Gasteiger charge is 2.42. The summed E-state index contributed by atoms with van der Waals surface area (Å²) < 4.78 is 22.8. The first-order valence-electron chi connectivity index (χ1n) is 6.75. The van der Waals surface area contributed by atoms with Crippen LogP contribution in [0.15, 0.2) is 24.4 Å². The normalized spacial score (nSPS) is 13.3.